The molecule has 0 amide bonds. The Morgan fingerprint density at radius 3 is 1.45 bits per heavy atom. The number of hydrazine groups is 1. The fraction of sp³-hybridized carbons (Fsp3) is 1.00. The first-order valence-corrected chi connectivity index (χ1v) is 6.85. The Kier molecular flexibility index (Phi) is 1.52. The first kappa shape index (κ1) is 7.38. The fourth-order valence-corrected chi connectivity index (χ4v) is 5.82. The van der Waals surface area contributed by atoms with Crippen LogP contribution in [0.25, 0.3) is 0 Å². The highest BCUT2D eigenvalue weighted by Crippen LogP contribution is 2.53. The van der Waals surface area contributed by atoms with Gasteiger partial charge in [0.25, 0.3) is 0 Å². The topological polar surface area (TPSA) is 24.1 Å². The lowest BCUT2D eigenvalue weighted by atomic mass is 10.4. The third-order valence-electron chi connectivity index (χ3n) is 2.25. The van der Waals surface area contributed by atoms with Crippen LogP contribution in [0.1, 0.15) is 0 Å². The van der Waals surface area contributed by atoms with E-state index in [4.69, 9.17) is 0 Å². The van der Waals surface area contributed by atoms with E-state index in [2.05, 4.69) is 22.6 Å². The van der Waals surface area contributed by atoms with Gasteiger partial charge in [0.05, 0.1) is 9.74 Å². The van der Waals surface area contributed by atoms with Crippen molar-refractivity contribution < 1.29 is 0 Å². The van der Waals surface area contributed by atoms with Crippen molar-refractivity contribution >= 4 is 35.3 Å². The van der Waals surface area contributed by atoms with Crippen molar-refractivity contribution in [1.29, 1.82) is 0 Å². The largest absolute Gasteiger partial charge is 0.239 e. The number of nitrogens with one attached hydrogen (secondary N) is 2. The average molecular weight is 206 g/mol. The Morgan fingerprint density at radius 1 is 0.818 bits per heavy atom. The Balaban J connectivity index is 1.76. The molecule has 11 heavy (non-hydrogen) atoms. The summed E-state index contributed by atoms with van der Waals surface area (Å²) in [5.74, 6) is 5.10. The van der Waals surface area contributed by atoms with Crippen molar-refractivity contribution in [1.82, 2.24) is 10.9 Å². The van der Waals surface area contributed by atoms with Gasteiger partial charge in [-0.3, -0.25) is 0 Å². The van der Waals surface area contributed by atoms with Crippen molar-refractivity contribution in [3.8, 4) is 0 Å². The standard InChI is InChI=1S/C6H10N2S3/c1-5(2-9-1)7-8-6(11-5)3-10-4-6/h7-8H,1-4H2. The Morgan fingerprint density at radius 2 is 1.27 bits per heavy atom. The molecule has 2 nitrogen and oxygen atoms in total. The first-order chi connectivity index (χ1) is 5.33. The van der Waals surface area contributed by atoms with Crippen molar-refractivity contribution in [2.45, 2.75) is 9.74 Å². The van der Waals surface area contributed by atoms with Crippen LogP contribution in [-0.4, -0.2) is 32.8 Å². The zero-order valence-corrected chi connectivity index (χ0v) is 8.50. The molecule has 0 unspecified atom stereocenters. The maximum absolute atomic E-state index is 3.44. The molecule has 3 heterocycles. The predicted octanol–water partition coefficient (Wildman–Crippen LogP) is 0.714. The molecular formula is C6H10N2S3. The van der Waals surface area contributed by atoms with Gasteiger partial charge in [-0.25, -0.2) is 10.9 Å². The van der Waals surface area contributed by atoms with E-state index >= 15 is 0 Å². The molecule has 0 aromatic carbocycles. The predicted molar refractivity (Wildman–Crippen MR) is 54.0 cm³/mol. The Labute approximate surface area is 79.0 Å². The Hall–Kier alpha value is 0.970. The minimum absolute atomic E-state index is 0.408. The molecule has 0 atom stereocenters. The maximum Gasteiger partial charge on any atom is 0.0973 e. The summed E-state index contributed by atoms with van der Waals surface area (Å²) in [5, 5.41) is 0. The van der Waals surface area contributed by atoms with Gasteiger partial charge in [0.15, 0.2) is 0 Å². The highest BCUT2D eigenvalue weighted by molar-refractivity contribution is 8.11. The van der Waals surface area contributed by atoms with E-state index < -0.39 is 0 Å². The maximum atomic E-state index is 3.44. The molecule has 3 saturated heterocycles. The molecular weight excluding hydrogens is 196 g/mol. The van der Waals surface area contributed by atoms with E-state index in [0.29, 0.717) is 9.74 Å². The lowest BCUT2D eigenvalue weighted by molar-refractivity contribution is 0.424. The summed E-state index contributed by atoms with van der Waals surface area (Å²) in [6.45, 7) is 0. The lowest BCUT2D eigenvalue weighted by Crippen LogP contribution is -2.55. The van der Waals surface area contributed by atoms with E-state index in [1.165, 1.54) is 23.0 Å². The van der Waals surface area contributed by atoms with Crippen LogP contribution < -0.4 is 10.9 Å². The van der Waals surface area contributed by atoms with Gasteiger partial charge in [0, 0.05) is 23.0 Å². The number of thioether (sulfide) groups is 3. The molecule has 0 saturated carbocycles. The summed E-state index contributed by atoms with van der Waals surface area (Å²) < 4.78 is 0. The first-order valence-electron chi connectivity index (χ1n) is 3.73. The highest BCUT2D eigenvalue weighted by Gasteiger charge is 2.55. The molecule has 3 rings (SSSR count). The molecule has 2 spiro atoms. The van der Waals surface area contributed by atoms with Gasteiger partial charge in [0.2, 0.25) is 0 Å². The molecule has 0 aromatic heterocycles. The van der Waals surface area contributed by atoms with Gasteiger partial charge < -0.3 is 0 Å². The van der Waals surface area contributed by atoms with Gasteiger partial charge >= 0.3 is 0 Å². The van der Waals surface area contributed by atoms with E-state index in [1.54, 1.807) is 0 Å². The molecule has 0 aromatic rings. The molecule has 0 aliphatic carbocycles. The second-order valence-corrected chi connectivity index (χ2v) is 7.06. The zero-order valence-electron chi connectivity index (χ0n) is 6.05. The van der Waals surface area contributed by atoms with Gasteiger partial charge in [-0.05, 0) is 0 Å². The van der Waals surface area contributed by atoms with Gasteiger partial charge in [-0.15, -0.1) is 11.8 Å². The quantitative estimate of drug-likeness (QED) is 0.608. The molecule has 2 N–H and O–H groups in total. The van der Waals surface area contributed by atoms with Crippen LogP contribution in [0, 0.1) is 0 Å². The summed E-state index contributed by atoms with van der Waals surface area (Å²) >= 11 is 6.20. The average Bonchev–Trinajstić information content (AvgIpc) is 2.23. The van der Waals surface area contributed by atoms with Crippen molar-refractivity contribution in [2.75, 3.05) is 23.0 Å². The van der Waals surface area contributed by atoms with Gasteiger partial charge in [-0.2, -0.15) is 23.5 Å². The molecule has 5 heteroatoms. The lowest BCUT2D eigenvalue weighted by Gasteiger charge is -2.40. The normalized spacial score (nSPS) is 37.1. The molecule has 0 bridgehead atoms. The van der Waals surface area contributed by atoms with Crippen LogP contribution in [0.5, 0.6) is 0 Å². The fourth-order valence-electron chi connectivity index (χ4n) is 1.49. The summed E-state index contributed by atoms with van der Waals surface area (Å²) in [7, 11) is 0. The van der Waals surface area contributed by atoms with Crippen LogP contribution in [0.3, 0.4) is 0 Å². The van der Waals surface area contributed by atoms with Crippen LogP contribution in [0.2, 0.25) is 0 Å². The minimum Gasteiger partial charge on any atom is -0.239 e. The number of hydrogen-bond donors (Lipinski definition) is 2. The number of rotatable bonds is 0. The third-order valence-corrected chi connectivity index (χ3v) is 7.33. The van der Waals surface area contributed by atoms with Gasteiger partial charge in [-0.1, -0.05) is 0 Å². The van der Waals surface area contributed by atoms with E-state index in [9.17, 15) is 0 Å². The van der Waals surface area contributed by atoms with E-state index in [-0.39, 0.29) is 0 Å². The SMILES string of the molecule is C1SCC12NNC1(CSC1)S2. The highest BCUT2D eigenvalue weighted by atomic mass is 32.2. The van der Waals surface area contributed by atoms with E-state index in [0.717, 1.165) is 0 Å². The van der Waals surface area contributed by atoms with Crippen molar-refractivity contribution in [3.05, 3.63) is 0 Å². The van der Waals surface area contributed by atoms with Gasteiger partial charge in [0.1, 0.15) is 0 Å². The smallest absolute Gasteiger partial charge is 0.0973 e. The van der Waals surface area contributed by atoms with E-state index in [1.807, 2.05) is 23.5 Å². The van der Waals surface area contributed by atoms with Crippen LogP contribution in [0.4, 0.5) is 0 Å². The summed E-state index contributed by atoms with van der Waals surface area (Å²) in [4.78, 5) is 0.817. The van der Waals surface area contributed by atoms with Crippen LogP contribution >= 0.6 is 35.3 Å². The van der Waals surface area contributed by atoms with Crippen LogP contribution in [-0.2, 0) is 0 Å². The summed E-state index contributed by atoms with van der Waals surface area (Å²) in [5.41, 5.74) is 6.88. The van der Waals surface area contributed by atoms with Crippen molar-refractivity contribution in [2.24, 2.45) is 0 Å². The second-order valence-electron chi connectivity index (χ2n) is 3.33. The molecule has 3 fully saturated rings. The minimum atomic E-state index is 0.408. The number of hydrogen-bond acceptors (Lipinski definition) is 5. The molecule has 3 aliphatic heterocycles. The zero-order chi connectivity index (χ0) is 7.36. The summed E-state index contributed by atoms with van der Waals surface area (Å²) in [6, 6.07) is 0. The molecule has 0 radical (unpaired) electrons. The summed E-state index contributed by atoms with van der Waals surface area (Å²) in [6.07, 6.45) is 0. The molecule has 3 aliphatic rings. The third kappa shape index (κ3) is 0.983. The van der Waals surface area contributed by atoms with Crippen LogP contribution in [0.15, 0.2) is 0 Å². The molecule has 62 valence electrons. The van der Waals surface area contributed by atoms with Crippen molar-refractivity contribution in [3.63, 3.8) is 0 Å². The monoisotopic (exact) mass is 206 g/mol. The Bertz CT molecular complexity index is 168. The second kappa shape index (κ2) is 2.26.